The molecule has 0 saturated heterocycles. The van der Waals surface area contributed by atoms with Crippen LogP contribution in [-0.4, -0.2) is 27.4 Å². The molecule has 0 N–H and O–H groups in total. The zero-order valence-corrected chi connectivity index (χ0v) is 12.0. The van der Waals surface area contributed by atoms with Crippen molar-refractivity contribution < 1.29 is 8.42 Å². The Morgan fingerprint density at radius 3 is 2.17 bits per heavy atom. The van der Waals surface area contributed by atoms with E-state index in [1.54, 1.807) is 68.5 Å². The number of sulfone groups is 1. The minimum absolute atomic E-state index is 0.291. The molecule has 3 nitrogen and oxygen atoms in total. The largest absolute Gasteiger partial charge is 0.382 e. The van der Waals surface area contributed by atoms with Crippen molar-refractivity contribution in [3.8, 4) is 0 Å². The van der Waals surface area contributed by atoms with E-state index >= 15 is 0 Å². The van der Waals surface area contributed by atoms with Crippen molar-refractivity contribution in [2.45, 2.75) is 18.7 Å². The molecule has 0 atom stereocenters. The number of aryl methyl sites for hydroxylation is 1. The molecule has 0 saturated carbocycles. The Morgan fingerprint density at radius 1 is 1.17 bits per heavy atom. The standard InChI is InChI=1S/C14H19NO2S/c1-5-6-14(11-15(3)4)18(16,17)13-9-7-12(2)8-10-13/h5-11H,1-4H3/b6-5+,14-11+. The van der Waals surface area contributed by atoms with Crippen molar-refractivity contribution in [2.24, 2.45) is 0 Å². The molecule has 0 aliphatic heterocycles. The maximum atomic E-state index is 12.4. The number of hydrogen-bond donors (Lipinski definition) is 0. The third kappa shape index (κ3) is 3.47. The van der Waals surface area contributed by atoms with Crippen LogP contribution in [0.3, 0.4) is 0 Å². The van der Waals surface area contributed by atoms with Crippen molar-refractivity contribution >= 4 is 9.84 Å². The zero-order valence-electron chi connectivity index (χ0n) is 11.2. The number of benzene rings is 1. The van der Waals surface area contributed by atoms with Gasteiger partial charge in [-0.1, -0.05) is 23.8 Å². The Balaban J connectivity index is 3.30. The van der Waals surface area contributed by atoms with Crippen LogP contribution < -0.4 is 0 Å². The molecule has 1 aromatic rings. The van der Waals surface area contributed by atoms with Gasteiger partial charge in [0.1, 0.15) is 0 Å². The molecule has 0 bridgehead atoms. The van der Waals surface area contributed by atoms with Gasteiger partial charge in [0, 0.05) is 20.3 Å². The van der Waals surface area contributed by atoms with Gasteiger partial charge in [0.15, 0.2) is 0 Å². The Kier molecular flexibility index (Phi) is 4.73. The first-order chi connectivity index (χ1) is 8.37. The molecule has 0 aliphatic carbocycles. The second-order valence-corrected chi connectivity index (χ2v) is 6.26. The summed E-state index contributed by atoms with van der Waals surface area (Å²) in [5.41, 5.74) is 1.04. The highest BCUT2D eigenvalue weighted by Gasteiger charge is 2.18. The lowest BCUT2D eigenvalue weighted by Gasteiger charge is -2.10. The summed E-state index contributed by atoms with van der Waals surface area (Å²) in [7, 11) is 0.157. The van der Waals surface area contributed by atoms with Crippen molar-refractivity contribution in [1.82, 2.24) is 4.90 Å². The molecule has 18 heavy (non-hydrogen) atoms. The normalized spacial score (nSPS) is 13.0. The van der Waals surface area contributed by atoms with Gasteiger partial charge in [-0.15, -0.1) is 0 Å². The lowest BCUT2D eigenvalue weighted by molar-refractivity contribution is 0.558. The average Bonchev–Trinajstić information content (AvgIpc) is 2.28. The van der Waals surface area contributed by atoms with Crippen LogP contribution >= 0.6 is 0 Å². The van der Waals surface area contributed by atoms with Gasteiger partial charge >= 0.3 is 0 Å². The summed E-state index contributed by atoms with van der Waals surface area (Å²) in [6.45, 7) is 3.73. The van der Waals surface area contributed by atoms with Gasteiger partial charge in [0.05, 0.1) is 9.80 Å². The quantitative estimate of drug-likeness (QED) is 0.786. The third-order valence-electron chi connectivity index (χ3n) is 2.36. The summed E-state index contributed by atoms with van der Waals surface area (Å²) < 4.78 is 24.8. The number of hydrogen-bond acceptors (Lipinski definition) is 3. The van der Waals surface area contributed by atoms with Crippen molar-refractivity contribution in [3.63, 3.8) is 0 Å². The van der Waals surface area contributed by atoms with Crippen LogP contribution in [0.1, 0.15) is 12.5 Å². The lowest BCUT2D eigenvalue weighted by atomic mass is 10.2. The topological polar surface area (TPSA) is 37.4 Å². The first-order valence-electron chi connectivity index (χ1n) is 5.70. The first-order valence-corrected chi connectivity index (χ1v) is 7.19. The highest BCUT2D eigenvalue weighted by atomic mass is 32.2. The van der Waals surface area contributed by atoms with E-state index in [0.29, 0.717) is 9.80 Å². The Hall–Kier alpha value is -1.55. The zero-order chi connectivity index (χ0) is 13.8. The highest BCUT2D eigenvalue weighted by Crippen LogP contribution is 2.21. The van der Waals surface area contributed by atoms with Crippen LogP contribution in [0.2, 0.25) is 0 Å². The van der Waals surface area contributed by atoms with E-state index in [-0.39, 0.29) is 0 Å². The smallest absolute Gasteiger partial charge is 0.208 e. The molecular formula is C14H19NO2S. The molecule has 0 radical (unpaired) electrons. The van der Waals surface area contributed by atoms with Crippen LogP contribution in [0.4, 0.5) is 0 Å². The molecule has 0 spiro atoms. The van der Waals surface area contributed by atoms with Gasteiger partial charge in [0.2, 0.25) is 9.84 Å². The molecule has 0 unspecified atom stereocenters. The molecule has 0 amide bonds. The summed E-state index contributed by atoms with van der Waals surface area (Å²) in [5.74, 6) is 0. The molecule has 0 aromatic heterocycles. The van der Waals surface area contributed by atoms with E-state index in [4.69, 9.17) is 0 Å². The monoisotopic (exact) mass is 265 g/mol. The fourth-order valence-corrected chi connectivity index (χ4v) is 2.91. The van der Waals surface area contributed by atoms with E-state index in [0.717, 1.165) is 5.56 Å². The molecule has 0 heterocycles. The minimum atomic E-state index is -3.44. The second-order valence-electron chi connectivity index (χ2n) is 4.31. The van der Waals surface area contributed by atoms with Crippen molar-refractivity contribution in [1.29, 1.82) is 0 Å². The van der Waals surface area contributed by atoms with E-state index in [1.165, 1.54) is 0 Å². The van der Waals surface area contributed by atoms with Crippen LogP contribution in [0.25, 0.3) is 0 Å². The van der Waals surface area contributed by atoms with Crippen LogP contribution in [0.15, 0.2) is 52.4 Å². The molecule has 4 heteroatoms. The fourth-order valence-electron chi connectivity index (χ4n) is 1.47. The highest BCUT2D eigenvalue weighted by molar-refractivity contribution is 7.95. The van der Waals surface area contributed by atoms with Gasteiger partial charge in [-0.25, -0.2) is 8.42 Å². The van der Waals surface area contributed by atoms with Gasteiger partial charge < -0.3 is 4.90 Å². The van der Waals surface area contributed by atoms with Crippen molar-refractivity contribution in [2.75, 3.05) is 14.1 Å². The molecule has 0 aliphatic rings. The molecule has 0 fully saturated rings. The summed E-state index contributed by atoms with van der Waals surface area (Å²) in [5, 5.41) is 0. The number of nitrogens with zero attached hydrogens (tertiary/aromatic N) is 1. The van der Waals surface area contributed by atoms with E-state index < -0.39 is 9.84 Å². The van der Waals surface area contributed by atoms with Crippen molar-refractivity contribution in [3.05, 3.63) is 53.1 Å². The van der Waals surface area contributed by atoms with Gasteiger partial charge in [-0.05, 0) is 32.1 Å². The number of rotatable bonds is 4. The summed E-state index contributed by atoms with van der Waals surface area (Å²) in [6.07, 6.45) is 4.94. The van der Waals surface area contributed by atoms with Gasteiger partial charge in [0.25, 0.3) is 0 Å². The van der Waals surface area contributed by atoms with E-state index in [1.807, 2.05) is 6.92 Å². The van der Waals surface area contributed by atoms with E-state index in [2.05, 4.69) is 0 Å². The second kappa shape index (κ2) is 5.87. The summed E-state index contributed by atoms with van der Waals surface area (Å²) >= 11 is 0. The first kappa shape index (κ1) is 14.5. The predicted molar refractivity (Wildman–Crippen MR) is 74.9 cm³/mol. The molecule has 98 valence electrons. The number of allylic oxidation sites excluding steroid dienone is 2. The fraction of sp³-hybridized carbons (Fsp3) is 0.286. The minimum Gasteiger partial charge on any atom is -0.382 e. The maximum Gasteiger partial charge on any atom is 0.208 e. The van der Waals surface area contributed by atoms with Crippen LogP contribution in [-0.2, 0) is 9.84 Å². The van der Waals surface area contributed by atoms with Crippen LogP contribution in [0, 0.1) is 6.92 Å². The Labute approximate surface area is 109 Å². The SMILES string of the molecule is C/C=C/C(=C\N(C)C)S(=O)(=O)c1ccc(C)cc1. The molecule has 1 aromatic carbocycles. The predicted octanol–water partition coefficient (Wildman–Crippen LogP) is 2.75. The Morgan fingerprint density at radius 2 is 1.72 bits per heavy atom. The van der Waals surface area contributed by atoms with Gasteiger partial charge in [-0.3, -0.25) is 0 Å². The lowest BCUT2D eigenvalue weighted by Crippen LogP contribution is -2.09. The third-order valence-corrected chi connectivity index (χ3v) is 4.11. The van der Waals surface area contributed by atoms with Crippen LogP contribution in [0.5, 0.6) is 0 Å². The summed E-state index contributed by atoms with van der Waals surface area (Å²) in [6, 6.07) is 6.88. The Bertz CT molecular complexity index is 552. The average molecular weight is 265 g/mol. The molecule has 1 rings (SSSR count). The maximum absolute atomic E-state index is 12.4. The van der Waals surface area contributed by atoms with E-state index in [9.17, 15) is 8.42 Å². The molecular weight excluding hydrogens is 246 g/mol. The van der Waals surface area contributed by atoms with Gasteiger partial charge in [-0.2, -0.15) is 0 Å². The summed E-state index contributed by atoms with van der Waals surface area (Å²) in [4.78, 5) is 2.33.